The molecule has 2 heterocycles. The molecular formula is C13H18N4OS. The Morgan fingerprint density at radius 3 is 2.84 bits per heavy atom. The van der Waals surface area contributed by atoms with Crippen molar-refractivity contribution in [1.29, 1.82) is 0 Å². The highest BCUT2D eigenvalue weighted by Gasteiger charge is 2.23. The molecule has 102 valence electrons. The Balaban J connectivity index is 2.08. The van der Waals surface area contributed by atoms with E-state index in [0.717, 1.165) is 25.9 Å². The Morgan fingerprint density at radius 1 is 1.53 bits per heavy atom. The topological polar surface area (TPSA) is 71.2 Å². The maximum Gasteiger partial charge on any atom is 0.244 e. The van der Waals surface area contributed by atoms with Gasteiger partial charge in [0.15, 0.2) is 0 Å². The highest BCUT2D eigenvalue weighted by atomic mass is 32.1. The Kier molecular flexibility index (Phi) is 4.31. The van der Waals surface area contributed by atoms with Gasteiger partial charge in [0.05, 0.1) is 5.56 Å². The SMILES string of the molecule is CC(Nc1ncccc1C(N)=S)C(=O)N1CCCC1. The molecule has 0 saturated carbocycles. The second kappa shape index (κ2) is 5.97. The fourth-order valence-corrected chi connectivity index (χ4v) is 2.36. The lowest BCUT2D eigenvalue weighted by atomic mass is 10.2. The van der Waals surface area contributed by atoms with Crippen LogP contribution in [0.2, 0.25) is 0 Å². The number of pyridine rings is 1. The van der Waals surface area contributed by atoms with E-state index in [-0.39, 0.29) is 16.9 Å². The predicted octanol–water partition coefficient (Wildman–Crippen LogP) is 1.14. The molecule has 1 atom stereocenters. The van der Waals surface area contributed by atoms with Crippen LogP contribution in [0.3, 0.4) is 0 Å². The molecule has 0 aliphatic carbocycles. The molecule has 3 N–H and O–H groups in total. The molecule has 0 bridgehead atoms. The molecule has 1 aliphatic heterocycles. The molecule has 2 rings (SSSR count). The fourth-order valence-electron chi connectivity index (χ4n) is 2.20. The summed E-state index contributed by atoms with van der Waals surface area (Å²) in [6.45, 7) is 3.52. The fraction of sp³-hybridized carbons (Fsp3) is 0.462. The van der Waals surface area contributed by atoms with E-state index < -0.39 is 0 Å². The molecule has 1 unspecified atom stereocenters. The smallest absolute Gasteiger partial charge is 0.244 e. The molecule has 1 amide bonds. The van der Waals surface area contributed by atoms with Gasteiger partial charge in [-0.15, -0.1) is 0 Å². The van der Waals surface area contributed by atoms with Gasteiger partial charge in [0.2, 0.25) is 5.91 Å². The summed E-state index contributed by atoms with van der Waals surface area (Å²) in [7, 11) is 0. The van der Waals surface area contributed by atoms with Gasteiger partial charge in [-0.3, -0.25) is 4.79 Å². The second-order valence-corrected chi connectivity index (χ2v) is 5.10. The molecular weight excluding hydrogens is 260 g/mol. The molecule has 1 fully saturated rings. The summed E-state index contributed by atoms with van der Waals surface area (Å²) >= 11 is 4.98. The number of nitrogens with two attached hydrogens (primary N) is 1. The first-order chi connectivity index (χ1) is 9.09. The summed E-state index contributed by atoms with van der Waals surface area (Å²) < 4.78 is 0. The lowest BCUT2D eigenvalue weighted by Crippen LogP contribution is -2.40. The molecule has 1 aliphatic rings. The summed E-state index contributed by atoms with van der Waals surface area (Å²) in [5.41, 5.74) is 6.31. The maximum atomic E-state index is 12.2. The van der Waals surface area contributed by atoms with Crippen molar-refractivity contribution in [3.05, 3.63) is 23.9 Å². The number of likely N-dealkylation sites (tertiary alicyclic amines) is 1. The van der Waals surface area contributed by atoms with Crippen LogP contribution in [0.5, 0.6) is 0 Å². The lowest BCUT2D eigenvalue weighted by Gasteiger charge is -2.22. The van der Waals surface area contributed by atoms with Crippen LogP contribution in [-0.2, 0) is 4.79 Å². The van der Waals surface area contributed by atoms with E-state index in [1.165, 1.54) is 0 Å². The number of aromatic nitrogens is 1. The standard InChI is InChI=1S/C13H18N4OS/c1-9(13(18)17-7-2-3-8-17)16-12-10(11(14)19)5-4-6-15-12/h4-6,9H,2-3,7-8H2,1H3,(H2,14,19)(H,15,16). The Bertz CT molecular complexity index is 485. The summed E-state index contributed by atoms with van der Waals surface area (Å²) in [4.78, 5) is 18.6. The van der Waals surface area contributed by atoms with E-state index in [0.29, 0.717) is 11.4 Å². The van der Waals surface area contributed by atoms with E-state index in [1.54, 1.807) is 18.3 Å². The van der Waals surface area contributed by atoms with Crippen molar-refractivity contribution in [3.63, 3.8) is 0 Å². The van der Waals surface area contributed by atoms with Crippen LogP contribution < -0.4 is 11.1 Å². The molecule has 6 heteroatoms. The third kappa shape index (κ3) is 3.20. The van der Waals surface area contributed by atoms with Crippen LogP contribution >= 0.6 is 12.2 Å². The number of thiocarbonyl (C=S) groups is 1. The lowest BCUT2D eigenvalue weighted by molar-refractivity contribution is -0.130. The zero-order valence-corrected chi connectivity index (χ0v) is 11.7. The third-order valence-corrected chi connectivity index (χ3v) is 3.43. The van der Waals surface area contributed by atoms with Crippen molar-refractivity contribution in [2.75, 3.05) is 18.4 Å². The van der Waals surface area contributed by atoms with Crippen molar-refractivity contribution in [2.24, 2.45) is 5.73 Å². The average molecular weight is 278 g/mol. The first-order valence-electron chi connectivity index (χ1n) is 6.39. The molecule has 5 nitrogen and oxygen atoms in total. The maximum absolute atomic E-state index is 12.2. The quantitative estimate of drug-likeness (QED) is 0.808. The van der Waals surface area contributed by atoms with Gasteiger partial charge >= 0.3 is 0 Å². The number of carbonyl (C=O) groups excluding carboxylic acids is 1. The summed E-state index contributed by atoms with van der Waals surface area (Å²) in [6.07, 6.45) is 3.82. The average Bonchev–Trinajstić information content (AvgIpc) is 2.92. The zero-order valence-electron chi connectivity index (χ0n) is 10.9. The minimum absolute atomic E-state index is 0.0945. The highest BCUT2D eigenvalue weighted by molar-refractivity contribution is 7.80. The van der Waals surface area contributed by atoms with Gasteiger partial charge in [-0.1, -0.05) is 12.2 Å². The number of hydrogen-bond acceptors (Lipinski definition) is 4. The van der Waals surface area contributed by atoms with Gasteiger partial charge in [0.25, 0.3) is 0 Å². The Morgan fingerprint density at radius 2 is 2.21 bits per heavy atom. The van der Waals surface area contributed by atoms with Crippen molar-refractivity contribution in [2.45, 2.75) is 25.8 Å². The Labute approximate surface area is 118 Å². The number of amides is 1. The molecule has 1 saturated heterocycles. The number of nitrogens with one attached hydrogen (secondary N) is 1. The third-order valence-electron chi connectivity index (χ3n) is 3.21. The number of hydrogen-bond donors (Lipinski definition) is 2. The molecule has 1 aromatic rings. The van der Waals surface area contributed by atoms with Crippen LogP contribution in [0, 0.1) is 0 Å². The van der Waals surface area contributed by atoms with E-state index in [9.17, 15) is 4.79 Å². The minimum Gasteiger partial charge on any atom is -0.389 e. The Hall–Kier alpha value is -1.69. The normalized spacial score (nSPS) is 16.2. The predicted molar refractivity (Wildman–Crippen MR) is 79.0 cm³/mol. The number of rotatable bonds is 4. The minimum atomic E-state index is -0.332. The van der Waals surface area contributed by atoms with E-state index in [2.05, 4.69) is 10.3 Å². The van der Waals surface area contributed by atoms with Crippen LogP contribution in [-0.4, -0.2) is 39.9 Å². The summed E-state index contributed by atoms with van der Waals surface area (Å²) in [5.74, 6) is 0.659. The van der Waals surface area contributed by atoms with E-state index in [4.69, 9.17) is 18.0 Å². The first kappa shape index (κ1) is 13.7. The van der Waals surface area contributed by atoms with Crippen LogP contribution in [0.15, 0.2) is 18.3 Å². The van der Waals surface area contributed by atoms with Gasteiger partial charge < -0.3 is 16.0 Å². The van der Waals surface area contributed by atoms with Crippen molar-refractivity contribution in [1.82, 2.24) is 9.88 Å². The molecule has 19 heavy (non-hydrogen) atoms. The van der Waals surface area contributed by atoms with Crippen LogP contribution in [0.4, 0.5) is 5.82 Å². The van der Waals surface area contributed by atoms with E-state index >= 15 is 0 Å². The van der Waals surface area contributed by atoms with Crippen LogP contribution in [0.1, 0.15) is 25.3 Å². The van der Waals surface area contributed by atoms with Crippen molar-refractivity contribution in [3.8, 4) is 0 Å². The molecule has 0 aromatic carbocycles. The van der Waals surface area contributed by atoms with Gasteiger partial charge in [-0.05, 0) is 31.9 Å². The highest BCUT2D eigenvalue weighted by Crippen LogP contribution is 2.15. The van der Waals surface area contributed by atoms with Gasteiger partial charge in [-0.2, -0.15) is 0 Å². The molecule has 0 spiro atoms. The molecule has 0 radical (unpaired) electrons. The number of carbonyl (C=O) groups is 1. The van der Waals surface area contributed by atoms with Crippen molar-refractivity contribution >= 4 is 28.9 Å². The van der Waals surface area contributed by atoms with Gasteiger partial charge in [0, 0.05) is 19.3 Å². The monoisotopic (exact) mass is 278 g/mol. The first-order valence-corrected chi connectivity index (χ1v) is 6.80. The number of nitrogens with zero attached hydrogens (tertiary/aromatic N) is 2. The second-order valence-electron chi connectivity index (χ2n) is 4.66. The van der Waals surface area contributed by atoms with Gasteiger partial charge in [0.1, 0.15) is 16.8 Å². The molecule has 1 aromatic heterocycles. The summed E-state index contributed by atoms with van der Waals surface area (Å²) in [5, 5.41) is 3.10. The van der Waals surface area contributed by atoms with E-state index in [1.807, 2.05) is 11.8 Å². The van der Waals surface area contributed by atoms with Crippen molar-refractivity contribution < 1.29 is 4.79 Å². The van der Waals surface area contributed by atoms with Gasteiger partial charge in [-0.25, -0.2) is 4.98 Å². The largest absolute Gasteiger partial charge is 0.389 e. The zero-order chi connectivity index (χ0) is 13.8. The number of anilines is 1. The summed E-state index contributed by atoms with van der Waals surface area (Å²) in [6, 6.07) is 3.23. The van der Waals surface area contributed by atoms with Crippen LogP contribution in [0.25, 0.3) is 0 Å².